The minimum absolute atomic E-state index is 0.0125. The summed E-state index contributed by atoms with van der Waals surface area (Å²) < 4.78 is 0. The van der Waals surface area contributed by atoms with E-state index in [1.807, 2.05) is 0 Å². The van der Waals surface area contributed by atoms with Crippen molar-refractivity contribution in [1.29, 1.82) is 0 Å². The first kappa shape index (κ1) is 9.03. The van der Waals surface area contributed by atoms with E-state index in [0.29, 0.717) is 10.8 Å². The normalized spacial score (nSPS) is 8.75. The van der Waals surface area contributed by atoms with Crippen LogP contribution in [-0.2, 0) is 0 Å². The third-order valence-corrected chi connectivity index (χ3v) is 1.97. The quantitative estimate of drug-likeness (QED) is 0.322. The number of aromatic nitrogens is 1. The molecule has 1 aromatic rings. The molecule has 0 N–H and O–H groups in total. The number of rotatable bonds is 1. The standard InChI is InChI=1S/C6H4N2O2S2/c9-8(10)6-4-7-5(12-6)2-1-3-11/h4,11H,3H2. The fourth-order valence-electron chi connectivity index (χ4n) is 0.523. The van der Waals surface area contributed by atoms with Gasteiger partial charge in [0.15, 0.2) is 5.01 Å². The molecule has 0 spiro atoms. The average molecular weight is 200 g/mol. The average Bonchev–Trinajstić information content (AvgIpc) is 2.48. The summed E-state index contributed by atoms with van der Waals surface area (Å²) in [5, 5.41) is 10.7. The predicted molar refractivity (Wildman–Crippen MR) is 49.5 cm³/mol. The molecule has 1 heterocycles. The zero-order valence-corrected chi connectivity index (χ0v) is 7.56. The van der Waals surface area contributed by atoms with Crippen LogP contribution in [0.3, 0.4) is 0 Å². The monoisotopic (exact) mass is 200 g/mol. The van der Waals surface area contributed by atoms with E-state index < -0.39 is 4.92 Å². The lowest BCUT2D eigenvalue weighted by molar-refractivity contribution is -0.380. The van der Waals surface area contributed by atoms with Crippen molar-refractivity contribution < 1.29 is 4.92 Å². The molecule has 1 aromatic heterocycles. The van der Waals surface area contributed by atoms with Gasteiger partial charge in [0.1, 0.15) is 6.20 Å². The maximum atomic E-state index is 10.2. The Labute approximate surface area is 78.2 Å². The molecule has 4 nitrogen and oxygen atoms in total. The lowest BCUT2D eigenvalue weighted by Crippen LogP contribution is -1.80. The highest BCUT2D eigenvalue weighted by Crippen LogP contribution is 2.19. The maximum Gasteiger partial charge on any atom is 0.344 e. The minimum atomic E-state index is -0.483. The van der Waals surface area contributed by atoms with E-state index in [1.54, 1.807) is 0 Å². The molecule has 0 fully saturated rings. The Morgan fingerprint density at radius 3 is 3.08 bits per heavy atom. The van der Waals surface area contributed by atoms with Gasteiger partial charge >= 0.3 is 5.00 Å². The van der Waals surface area contributed by atoms with Crippen molar-refractivity contribution in [3.63, 3.8) is 0 Å². The molecule has 12 heavy (non-hydrogen) atoms. The van der Waals surface area contributed by atoms with Gasteiger partial charge in [-0.1, -0.05) is 5.92 Å². The number of nitro groups is 1. The van der Waals surface area contributed by atoms with Crippen molar-refractivity contribution in [2.24, 2.45) is 0 Å². The van der Waals surface area contributed by atoms with Crippen LogP contribution >= 0.6 is 24.0 Å². The van der Waals surface area contributed by atoms with Crippen molar-refractivity contribution in [2.45, 2.75) is 0 Å². The molecule has 6 heteroatoms. The molecule has 0 radical (unpaired) electrons. The van der Waals surface area contributed by atoms with Crippen LogP contribution in [0.15, 0.2) is 6.20 Å². The largest absolute Gasteiger partial charge is 0.344 e. The molecule has 0 saturated heterocycles. The second-order valence-electron chi connectivity index (χ2n) is 1.72. The van der Waals surface area contributed by atoms with Crippen LogP contribution in [0.2, 0.25) is 0 Å². The van der Waals surface area contributed by atoms with Crippen LogP contribution in [0, 0.1) is 22.0 Å². The van der Waals surface area contributed by atoms with Crippen LogP contribution in [0.25, 0.3) is 0 Å². The Balaban J connectivity index is 2.84. The summed E-state index contributed by atoms with van der Waals surface area (Å²) in [5.41, 5.74) is 0. The van der Waals surface area contributed by atoms with Gasteiger partial charge < -0.3 is 0 Å². The fourth-order valence-corrected chi connectivity index (χ4v) is 1.21. The van der Waals surface area contributed by atoms with Crippen LogP contribution in [0.5, 0.6) is 0 Å². The molecule has 0 atom stereocenters. The smallest absolute Gasteiger partial charge is 0.257 e. The summed E-state index contributed by atoms with van der Waals surface area (Å²) in [6.07, 6.45) is 1.20. The molecule has 0 amide bonds. The van der Waals surface area contributed by atoms with Gasteiger partial charge in [-0.3, -0.25) is 10.1 Å². The molecule has 0 aliphatic heterocycles. The van der Waals surface area contributed by atoms with Crippen LogP contribution in [-0.4, -0.2) is 15.7 Å². The third-order valence-electron chi connectivity index (χ3n) is 0.948. The molecular formula is C6H4N2O2S2. The maximum absolute atomic E-state index is 10.2. The Bertz CT molecular complexity index is 350. The Morgan fingerprint density at radius 2 is 2.58 bits per heavy atom. The molecule has 0 bridgehead atoms. The van der Waals surface area contributed by atoms with Crippen molar-refractivity contribution in [1.82, 2.24) is 4.98 Å². The molecule has 0 saturated carbocycles. The lowest BCUT2D eigenvalue weighted by Gasteiger charge is -1.76. The zero-order valence-electron chi connectivity index (χ0n) is 5.85. The van der Waals surface area contributed by atoms with Gasteiger partial charge in [0, 0.05) is 0 Å². The molecule has 0 aliphatic rings. The van der Waals surface area contributed by atoms with E-state index in [9.17, 15) is 10.1 Å². The molecule has 0 unspecified atom stereocenters. The van der Waals surface area contributed by atoms with Gasteiger partial charge in [-0.2, -0.15) is 12.6 Å². The Kier molecular flexibility index (Phi) is 3.08. The Morgan fingerprint density at radius 1 is 1.83 bits per heavy atom. The van der Waals surface area contributed by atoms with Crippen LogP contribution in [0.1, 0.15) is 5.01 Å². The molecule has 0 aliphatic carbocycles. The first-order valence-electron chi connectivity index (χ1n) is 2.94. The summed E-state index contributed by atoms with van der Waals surface area (Å²) >= 11 is 4.83. The zero-order chi connectivity index (χ0) is 8.97. The summed E-state index contributed by atoms with van der Waals surface area (Å²) in [4.78, 5) is 13.5. The van der Waals surface area contributed by atoms with E-state index >= 15 is 0 Å². The first-order valence-corrected chi connectivity index (χ1v) is 4.39. The highest BCUT2D eigenvalue weighted by Gasteiger charge is 2.08. The van der Waals surface area contributed by atoms with E-state index in [2.05, 4.69) is 29.5 Å². The topological polar surface area (TPSA) is 56.0 Å². The first-order chi connectivity index (χ1) is 5.74. The van der Waals surface area contributed by atoms with E-state index in [1.165, 1.54) is 6.20 Å². The van der Waals surface area contributed by atoms with Gasteiger partial charge in [0.05, 0.1) is 10.7 Å². The summed E-state index contributed by atoms with van der Waals surface area (Å²) in [6, 6.07) is 0. The molecule has 0 aromatic carbocycles. The van der Waals surface area contributed by atoms with Gasteiger partial charge in [-0.15, -0.1) is 0 Å². The number of nitrogens with zero attached hydrogens (tertiary/aromatic N) is 2. The van der Waals surface area contributed by atoms with Gasteiger partial charge in [-0.05, 0) is 17.3 Å². The molecule has 62 valence electrons. The van der Waals surface area contributed by atoms with Crippen molar-refractivity contribution in [3.05, 3.63) is 21.3 Å². The summed E-state index contributed by atoms with van der Waals surface area (Å²) in [6.45, 7) is 0. The molecular weight excluding hydrogens is 196 g/mol. The van der Waals surface area contributed by atoms with Crippen LogP contribution in [0.4, 0.5) is 5.00 Å². The van der Waals surface area contributed by atoms with Gasteiger partial charge in [0.25, 0.3) is 0 Å². The van der Waals surface area contributed by atoms with Gasteiger partial charge in [-0.25, -0.2) is 4.98 Å². The number of thiazole rings is 1. The van der Waals surface area contributed by atoms with Crippen molar-refractivity contribution in [3.8, 4) is 11.8 Å². The predicted octanol–water partition coefficient (Wildman–Crippen LogP) is 1.33. The number of hydrogen-bond donors (Lipinski definition) is 1. The highest BCUT2D eigenvalue weighted by atomic mass is 32.1. The summed E-state index contributed by atoms with van der Waals surface area (Å²) in [7, 11) is 0. The van der Waals surface area contributed by atoms with Crippen LogP contribution < -0.4 is 0 Å². The van der Waals surface area contributed by atoms with E-state index in [4.69, 9.17) is 0 Å². The number of hydrogen-bond acceptors (Lipinski definition) is 5. The second kappa shape index (κ2) is 4.09. The third kappa shape index (κ3) is 2.22. The Hall–Kier alpha value is -1.06. The van der Waals surface area contributed by atoms with Gasteiger partial charge in [0.2, 0.25) is 0 Å². The SMILES string of the molecule is O=[N+]([O-])c1cnc(C#CCS)s1. The molecule has 1 rings (SSSR count). The van der Waals surface area contributed by atoms with E-state index in [-0.39, 0.29) is 5.00 Å². The fraction of sp³-hybridized carbons (Fsp3) is 0.167. The van der Waals surface area contributed by atoms with Crippen molar-refractivity contribution in [2.75, 3.05) is 5.75 Å². The number of thiol groups is 1. The van der Waals surface area contributed by atoms with Crippen molar-refractivity contribution >= 4 is 29.0 Å². The minimum Gasteiger partial charge on any atom is -0.257 e. The highest BCUT2D eigenvalue weighted by molar-refractivity contribution is 7.80. The lowest BCUT2D eigenvalue weighted by atomic mass is 10.6. The van der Waals surface area contributed by atoms with E-state index in [0.717, 1.165) is 11.3 Å². The second-order valence-corrected chi connectivity index (χ2v) is 3.05. The summed E-state index contributed by atoms with van der Waals surface area (Å²) in [5.74, 6) is 5.73.